The summed E-state index contributed by atoms with van der Waals surface area (Å²) in [5, 5.41) is 0. The van der Waals surface area contributed by atoms with Gasteiger partial charge in [-0.1, -0.05) is 41.5 Å². The van der Waals surface area contributed by atoms with Gasteiger partial charge in [0.2, 0.25) is 0 Å². The molecule has 0 N–H and O–H groups in total. The van der Waals surface area contributed by atoms with Crippen LogP contribution in [0.5, 0.6) is 0 Å². The largest absolute Gasteiger partial charge is 0.0925 e. The zero-order valence-corrected chi connectivity index (χ0v) is 16.1. The maximum atomic E-state index is 5.76. The molecule has 0 unspecified atom stereocenters. The van der Waals surface area contributed by atoms with Crippen LogP contribution in [0.2, 0.25) is 0 Å². The fourth-order valence-corrected chi connectivity index (χ4v) is 1.66. The van der Waals surface area contributed by atoms with Gasteiger partial charge in [-0.25, -0.2) is 0 Å². The van der Waals surface area contributed by atoms with Crippen molar-refractivity contribution in [3.8, 4) is 71.0 Å². The summed E-state index contributed by atoms with van der Waals surface area (Å²) in [7, 11) is 44.1. The molecule has 0 aromatic carbocycles. The molecule has 0 saturated heterocycles. The first-order valence-electron chi connectivity index (χ1n) is 8.08. The van der Waals surface area contributed by atoms with E-state index in [9.17, 15) is 0 Å². The number of hydrogen-bond acceptors (Lipinski definition) is 0. The summed E-state index contributed by atoms with van der Waals surface area (Å²) in [4.78, 5) is 0. The van der Waals surface area contributed by atoms with Crippen LogP contribution in [0.1, 0.15) is 43.6 Å². The molecular weight excluding hydrogens is 368 g/mol. The summed E-state index contributed by atoms with van der Waals surface area (Å²) in [6, 6.07) is 0. The van der Waals surface area contributed by atoms with Crippen molar-refractivity contribution in [2.45, 2.75) is 43.6 Å². The third-order valence-corrected chi connectivity index (χ3v) is 3.03. The van der Waals surface area contributed by atoms with Crippen LogP contribution >= 0.6 is 0 Å². The van der Waals surface area contributed by atoms with Gasteiger partial charge in [-0.3, -0.25) is 0 Å². The Hall–Kier alpha value is -1.73. The van der Waals surface area contributed by atoms with Gasteiger partial charge in [0, 0.05) is 100 Å². The zero-order valence-electron chi connectivity index (χ0n) is 16.1. The van der Waals surface area contributed by atoms with Crippen LogP contribution in [0.4, 0.5) is 0 Å². The normalized spacial score (nSPS) is 5.56. The smallest absolute Gasteiger partial charge is 0 e. The van der Waals surface area contributed by atoms with E-state index in [4.69, 9.17) is 61.9 Å². The maximum Gasteiger partial charge on any atom is 0 e. The third kappa shape index (κ3) is 24.5. The Kier molecular flexibility index (Phi) is 40.3. The molecule has 0 rings (SSSR count). The van der Waals surface area contributed by atoms with E-state index in [1.54, 1.807) is 13.8 Å². The molecule has 32 heavy (non-hydrogen) atoms. The lowest BCUT2D eigenvalue weighted by atomic mass is 8.49. The van der Waals surface area contributed by atoms with Gasteiger partial charge in [-0.05, 0) is 73.1 Å². The van der Waals surface area contributed by atoms with E-state index in [0.717, 1.165) is 0 Å². The van der Waals surface area contributed by atoms with Crippen LogP contribution in [0.15, 0.2) is 0 Å². The second kappa shape index (κ2) is 29.3. The molecule has 16 radical (unpaired) electrons. The summed E-state index contributed by atoms with van der Waals surface area (Å²) < 4.78 is 0. The molecule has 0 fully saturated rings. The molecule has 0 saturated carbocycles. The van der Waals surface area contributed by atoms with Gasteiger partial charge in [0.25, 0.3) is 0 Å². The summed E-state index contributed by atoms with van der Waals surface area (Å²) in [5.74, 6) is 30.6. The molecule has 0 aliphatic heterocycles. The first-order valence-corrected chi connectivity index (χ1v) is 8.08. The second-order valence-electron chi connectivity index (χ2n) is 5.21. The third-order valence-electron chi connectivity index (χ3n) is 3.03. The highest BCUT2D eigenvalue weighted by atomic mass is 13.6. The minimum atomic E-state index is -0.759. The Morgan fingerprint density at radius 3 is 0.812 bits per heavy atom. The molecule has 0 aliphatic rings. The van der Waals surface area contributed by atoms with Gasteiger partial charge in [0.1, 0.15) is 0 Å². The zero-order chi connectivity index (χ0) is 21.9. The summed E-state index contributed by atoms with van der Waals surface area (Å²) in [5.41, 5.74) is 0. The average Bonchev–Trinajstić information content (AvgIpc) is 2.62. The van der Waals surface area contributed by atoms with Gasteiger partial charge in [-0.2, -0.15) is 0 Å². The Labute approximate surface area is 214 Å². The maximum absolute atomic E-state index is 5.76. The molecule has 0 amide bonds. The summed E-state index contributed by atoms with van der Waals surface area (Å²) in [6.45, 7) is 3.43. The number of rotatable bonds is 5. The Morgan fingerprint density at radius 1 is 0.375 bits per heavy atom. The van der Waals surface area contributed by atoms with Gasteiger partial charge in [0.15, 0.2) is 0 Å². The topological polar surface area (TPSA) is 0 Å². The second-order valence-corrected chi connectivity index (χ2v) is 5.21. The molecule has 0 spiro atoms. The van der Waals surface area contributed by atoms with Crippen molar-refractivity contribution in [2.24, 2.45) is 0 Å². The quantitative estimate of drug-likeness (QED) is 0.387. The molecule has 136 valence electrons. The molecule has 0 aromatic rings. The lowest BCUT2D eigenvalue weighted by molar-refractivity contribution is 1.92. The van der Waals surface area contributed by atoms with Crippen molar-refractivity contribution < 1.29 is 0 Å². The van der Waals surface area contributed by atoms with E-state index in [1.807, 2.05) is 0 Å². The highest BCUT2D eigenvalue weighted by Gasteiger charge is 2.33. The first-order chi connectivity index (χ1) is 13.2. The van der Waals surface area contributed by atoms with Crippen molar-refractivity contribution in [2.75, 3.05) is 0 Å². The minimum absolute atomic E-state index is 0. The molecule has 0 atom stereocenters. The van der Waals surface area contributed by atoms with E-state index in [1.165, 1.54) is 0 Å². The van der Waals surface area contributed by atoms with Crippen molar-refractivity contribution in [3.63, 3.8) is 0 Å². The van der Waals surface area contributed by atoms with Crippen LogP contribution in [0.25, 0.3) is 0 Å². The van der Waals surface area contributed by atoms with Crippen molar-refractivity contribution in [1.82, 2.24) is 0 Å². The van der Waals surface area contributed by atoms with Crippen molar-refractivity contribution in [3.05, 3.63) is 0 Å². The summed E-state index contributed by atoms with van der Waals surface area (Å²) >= 11 is 0. The van der Waals surface area contributed by atoms with Crippen molar-refractivity contribution in [1.29, 1.82) is 0 Å². The predicted octanol–water partition coefficient (Wildman–Crippen LogP) is -1.74. The highest BCUT2D eigenvalue weighted by Crippen LogP contribution is 1.95. The average molecular weight is 390 g/mol. The van der Waals surface area contributed by atoms with E-state index in [-0.39, 0.29) is 29.7 Å². The lowest BCUT2D eigenvalue weighted by Gasteiger charge is -2.32. The first kappa shape index (κ1) is 44.0. The van der Waals surface area contributed by atoms with Crippen LogP contribution in [-0.4, -0.2) is 100 Å². The minimum Gasteiger partial charge on any atom is -0.0925 e. The van der Waals surface area contributed by atoms with E-state index >= 15 is 0 Å². The number of hydrogen-bond donors (Lipinski definition) is 0. The molecule has 0 heterocycles. The Morgan fingerprint density at radius 2 is 0.625 bits per heavy atom. The Bertz CT molecular complexity index is 767. The van der Waals surface area contributed by atoms with E-state index in [0.29, 0.717) is 0 Å². The molecule has 0 bridgehead atoms. The van der Waals surface area contributed by atoms with Gasteiger partial charge >= 0.3 is 0 Å². The monoisotopic (exact) mass is 392 g/mol. The standard InChI is InChI=1S/C14H6.4CH4.B14/c1-3-5-7-9-11-13-14-12-10-8-6-4-2;;;;;1-9(2)12(7)13(8)14(10(3)4)11(5)6/h1-2H3;4*1H4;. The van der Waals surface area contributed by atoms with Gasteiger partial charge < -0.3 is 0 Å². The van der Waals surface area contributed by atoms with E-state index < -0.39 is 38.3 Å². The highest BCUT2D eigenvalue weighted by molar-refractivity contribution is 8.08. The molecule has 14 heteroatoms. The van der Waals surface area contributed by atoms with Gasteiger partial charge in [-0.15, -0.1) is 0 Å². The van der Waals surface area contributed by atoms with Crippen LogP contribution in [0.3, 0.4) is 0 Å². The lowest BCUT2D eigenvalue weighted by Crippen LogP contribution is -2.70. The van der Waals surface area contributed by atoms with Crippen molar-refractivity contribution >= 4 is 100 Å². The molecule has 0 aromatic heterocycles. The SMILES string of the molecule is C.C.C.C.CC#CC#CC#CC#CC#CC#CC.[B]B([B])B([B])B([B])B(B([B])[B])B([B])[B]. The summed E-state index contributed by atoms with van der Waals surface area (Å²) in [6.07, 6.45) is -4.08. The Balaban J connectivity index is -0.0000000939. The fourth-order valence-electron chi connectivity index (χ4n) is 1.66. The van der Waals surface area contributed by atoms with Gasteiger partial charge in [0.05, 0.1) is 0 Å². The molecule has 0 aliphatic carbocycles. The van der Waals surface area contributed by atoms with Crippen LogP contribution < -0.4 is 0 Å². The molecule has 0 nitrogen and oxygen atoms in total. The molecular formula is C18H22B14. The predicted molar refractivity (Wildman–Crippen MR) is 165 cm³/mol. The fraction of sp³-hybridized carbons (Fsp3) is 0.333. The van der Waals surface area contributed by atoms with Crippen LogP contribution in [0, 0.1) is 71.0 Å². The van der Waals surface area contributed by atoms with E-state index in [2.05, 4.69) is 71.0 Å². The van der Waals surface area contributed by atoms with Crippen LogP contribution in [-0.2, 0) is 0 Å².